The predicted molar refractivity (Wildman–Crippen MR) is 192 cm³/mol. The lowest BCUT2D eigenvalue weighted by Crippen LogP contribution is -2.43. The van der Waals surface area contributed by atoms with Crippen molar-refractivity contribution < 1.29 is 31.4 Å². The van der Waals surface area contributed by atoms with Crippen molar-refractivity contribution in [1.82, 2.24) is 15.0 Å². The van der Waals surface area contributed by atoms with E-state index in [0.29, 0.717) is 39.6 Å². The normalized spacial score (nSPS) is 15.2. The van der Waals surface area contributed by atoms with Gasteiger partial charge in [-0.1, -0.05) is 60.5 Å². The summed E-state index contributed by atoms with van der Waals surface area (Å²) in [7, 11) is -3.03. The van der Waals surface area contributed by atoms with Crippen LogP contribution in [0.4, 0.5) is 14.6 Å². The van der Waals surface area contributed by atoms with Crippen LogP contribution >= 0.6 is 0 Å². The largest absolute Gasteiger partial charge is 0.475 e. The first-order chi connectivity index (χ1) is 23.1. The molecule has 0 amide bonds. The molecule has 13 heteroatoms. The van der Waals surface area contributed by atoms with E-state index >= 15 is 8.78 Å². The van der Waals surface area contributed by atoms with Crippen molar-refractivity contribution in [3.63, 3.8) is 0 Å². The van der Waals surface area contributed by atoms with Crippen molar-refractivity contribution in [3.05, 3.63) is 41.5 Å². The quantitative estimate of drug-likeness (QED) is 0.0749. The third-order valence-electron chi connectivity index (χ3n) is 9.72. The number of hydrogen-bond acceptors (Lipinski definition) is 9. The number of likely N-dealkylation sites (N-methyl/N-ethyl adjacent to an activating group) is 1. The molecule has 1 aliphatic rings. The Morgan fingerprint density at radius 1 is 1.04 bits per heavy atom. The van der Waals surface area contributed by atoms with Crippen LogP contribution in [0.1, 0.15) is 60.5 Å². The number of aromatic nitrogens is 3. The molecule has 0 spiro atoms. The molecule has 0 saturated carbocycles. The number of methoxy groups -OCH3 is 1. The fraction of sp³-hybridized carbons (Fsp3) is 0.472. The Balaban J connectivity index is 1.93. The van der Waals surface area contributed by atoms with Gasteiger partial charge < -0.3 is 19.1 Å². The summed E-state index contributed by atoms with van der Waals surface area (Å²) < 4.78 is 75.8. The van der Waals surface area contributed by atoms with E-state index < -0.39 is 34.7 Å². The number of anilines is 1. The van der Waals surface area contributed by atoms with Crippen molar-refractivity contribution in [2.75, 3.05) is 38.7 Å². The second-order valence-electron chi connectivity index (χ2n) is 13.6. The Hall–Kier alpha value is -3.86. The molecule has 0 radical (unpaired) electrons. The van der Waals surface area contributed by atoms with Crippen LogP contribution in [0.2, 0.25) is 16.6 Å². The molecule has 262 valence electrons. The first-order valence-electron chi connectivity index (χ1n) is 16.4. The van der Waals surface area contributed by atoms with Gasteiger partial charge in [-0.05, 0) is 46.6 Å². The summed E-state index contributed by atoms with van der Waals surface area (Å²) >= 11 is 0. The molecule has 0 fully saturated rings. The van der Waals surface area contributed by atoms with Crippen LogP contribution < -0.4 is 14.4 Å². The van der Waals surface area contributed by atoms with Crippen molar-refractivity contribution in [2.45, 2.75) is 82.7 Å². The van der Waals surface area contributed by atoms with Crippen molar-refractivity contribution in [1.29, 1.82) is 0 Å². The lowest BCUT2D eigenvalue weighted by molar-refractivity contribution is 0.0512. The average Bonchev–Trinajstić information content (AvgIpc) is 3.17. The minimum atomic E-state index is -3.95. The third-order valence-corrected chi connectivity index (χ3v) is 16.9. The summed E-state index contributed by atoms with van der Waals surface area (Å²) in [6.45, 7) is 15.1. The second kappa shape index (κ2) is 13.8. The van der Waals surface area contributed by atoms with Crippen LogP contribution in [-0.2, 0) is 14.6 Å². The molecular weight excluding hydrogens is 667 g/mol. The van der Waals surface area contributed by atoms with Gasteiger partial charge in [0.25, 0.3) is 0 Å². The molecule has 0 N–H and O–H groups in total. The number of halogens is 2. The maximum Gasteiger partial charge on any atom is 0.249 e. The Morgan fingerprint density at radius 2 is 1.71 bits per heavy atom. The molecule has 9 nitrogen and oxygen atoms in total. The molecule has 2 aromatic carbocycles. The summed E-state index contributed by atoms with van der Waals surface area (Å²) in [4.78, 5) is 15.0. The summed E-state index contributed by atoms with van der Waals surface area (Å²) in [5, 5.41) is 0.497. The minimum Gasteiger partial charge on any atom is -0.475 e. The molecule has 1 aliphatic heterocycles. The summed E-state index contributed by atoms with van der Waals surface area (Å²) in [6, 6.07) is 6.00. The minimum absolute atomic E-state index is 0.0375. The van der Waals surface area contributed by atoms with Gasteiger partial charge in [-0.25, -0.2) is 32.2 Å². The van der Waals surface area contributed by atoms with Gasteiger partial charge in [0.15, 0.2) is 12.6 Å². The monoisotopic (exact) mass is 710 g/mol. The smallest absolute Gasteiger partial charge is 0.249 e. The van der Waals surface area contributed by atoms with Crippen molar-refractivity contribution in [3.8, 4) is 34.4 Å². The van der Waals surface area contributed by atoms with E-state index in [1.807, 2.05) is 6.92 Å². The van der Waals surface area contributed by atoms with Gasteiger partial charge >= 0.3 is 0 Å². The number of ether oxygens (including phenoxy) is 3. The zero-order valence-electron chi connectivity index (χ0n) is 29.7. The number of sulfone groups is 1. The number of fused-ring (bicyclic) bond motifs is 1. The molecule has 0 saturated heterocycles. The fourth-order valence-corrected chi connectivity index (χ4v) is 12.9. The highest BCUT2D eigenvalue weighted by Crippen LogP contribution is 2.44. The molecule has 0 unspecified atom stereocenters. The number of rotatable bonds is 9. The van der Waals surface area contributed by atoms with Crippen LogP contribution in [0.3, 0.4) is 0 Å². The molecular formula is C36H44F2N4O5SSi. The first kappa shape index (κ1) is 36.4. The molecule has 5 rings (SSSR count). The Morgan fingerprint density at radius 3 is 2.31 bits per heavy atom. The van der Waals surface area contributed by atoms with E-state index in [2.05, 4.69) is 63.0 Å². The number of benzene rings is 2. The second-order valence-corrected chi connectivity index (χ2v) is 21.1. The fourth-order valence-electron chi connectivity index (χ4n) is 7.20. The average molecular weight is 711 g/mol. The Kier molecular flexibility index (Phi) is 10.3. The number of hydrogen-bond donors (Lipinski definition) is 0. The SMILES string of the molecule is CC[C@H]1COc2nc(-c3cc(OCOC)cc4ccc(F)c(C#C[Si](C(C)C)(C(C)C)C(C)C)c34)c(F)c3nc(S(C)(=O)=O)nc(c23)N1C. The number of pyridine rings is 1. The van der Waals surface area contributed by atoms with E-state index in [0.717, 1.165) is 6.26 Å². The van der Waals surface area contributed by atoms with E-state index in [9.17, 15) is 8.42 Å². The molecule has 0 aliphatic carbocycles. The van der Waals surface area contributed by atoms with Gasteiger partial charge in [-0.15, -0.1) is 5.54 Å². The molecule has 49 heavy (non-hydrogen) atoms. The highest BCUT2D eigenvalue weighted by Gasteiger charge is 2.42. The summed E-state index contributed by atoms with van der Waals surface area (Å²) in [5.74, 6) is 2.34. The zero-order chi connectivity index (χ0) is 36.0. The zero-order valence-corrected chi connectivity index (χ0v) is 31.6. The van der Waals surface area contributed by atoms with Gasteiger partial charge in [0, 0.05) is 31.4 Å². The van der Waals surface area contributed by atoms with E-state index in [1.165, 1.54) is 13.2 Å². The molecule has 4 aromatic rings. The highest BCUT2D eigenvalue weighted by molar-refractivity contribution is 7.90. The van der Waals surface area contributed by atoms with Gasteiger partial charge in [-0.2, -0.15) is 0 Å². The molecule has 0 bridgehead atoms. The standard InChI is InChI=1S/C36H44F2N4O5SSi/c1-11-24-18-46-35-30-33(40-36(48(10,43)44)41-34(30)42(24)8)31(38)32(39-35)27-17-25(47-19-45-9)16-23-12-13-28(37)26(29(23)27)14-15-49(20(2)3,21(4)5)22(6)7/h12-13,16-17,20-22,24H,11,18-19H2,1-10H3/t24-/m0/s1. The highest BCUT2D eigenvalue weighted by atomic mass is 32.2. The summed E-state index contributed by atoms with van der Waals surface area (Å²) in [6.07, 6.45) is 1.61. The van der Waals surface area contributed by atoms with Crippen molar-refractivity contribution >= 4 is 45.4 Å². The van der Waals surface area contributed by atoms with Crippen LogP contribution in [0.5, 0.6) is 11.6 Å². The molecule has 2 aromatic heterocycles. The van der Waals surface area contributed by atoms with E-state index in [-0.39, 0.29) is 58.9 Å². The maximum absolute atomic E-state index is 17.1. The van der Waals surface area contributed by atoms with Gasteiger partial charge in [0.2, 0.25) is 20.9 Å². The lowest BCUT2D eigenvalue weighted by Gasteiger charge is -2.38. The first-order valence-corrected chi connectivity index (χ1v) is 20.6. The summed E-state index contributed by atoms with van der Waals surface area (Å²) in [5.41, 5.74) is 4.29. The van der Waals surface area contributed by atoms with E-state index in [1.54, 1.807) is 30.1 Å². The maximum atomic E-state index is 17.1. The van der Waals surface area contributed by atoms with Crippen LogP contribution in [0.15, 0.2) is 29.4 Å². The van der Waals surface area contributed by atoms with E-state index in [4.69, 9.17) is 19.2 Å². The topological polar surface area (TPSA) is 104 Å². The van der Waals surface area contributed by atoms with Crippen LogP contribution in [0.25, 0.3) is 32.9 Å². The Labute approximate surface area is 288 Å². The molecule has 3 heterocycles. The van der Waals surface area contributed by atoms with Crippen molar-refractivity contribution in [2.24, 2.45) is 0 Å². The Bertz CT molecular complexity index is 2080. The third kappa shape index (κ3) is 6.46. The van der Waals surface area contributed by atoms with Crippen LogP contribution in [0, 0.1) is 23.1 Å². The van der Waals surface area contributed by atoms with Crippen LogP contribution in [-0.4, -0.2) is 71.3 Å². The van der Waals surface area contributed by atoms with Gasteiger partial charge in [0.1, 0.15) is 48.7 Å². The number of nitrogens with zero attached hydrogens (tertiary/aromatic N) is 4. The molecule has 1 atom stereocenters. The van der Waals surface area contributed by atoms with Gasteiger partial charge in [-0.3, -0.25) is 0 Å². The lowest BCUT2D eigenvalue weighted by atomic mass is 9.95. The predicted octanol–water partition coefficient (Wildman–Crippen LogP) is 7.69. The van der Waals surface area contributed by atoms with Gasteiger partial charge in [0.05, 0.1) is 11.6 Å².